The molecule has 2 fully saturated rings. The van der Waals surface area contributed by atoms with Gasteiger partial charge in [0.1, 0.15) is 11.4 Å². The molecule has 2 aromatic carbocycles. The van der Waals surface area contributed by atoms with E-state index in [2.05, 4.69) is 22.3 Å². The normalized spacial score (nSPS) is 21.3. The number of nitrogens with two attached hydrogens (primary N) is 1. The van der Waals surface area contributed by atoms with Crippen LogP contribution >= 0.6 is 0 Å². The number of piperidine rings is 1. The van der Waals surface area contributed by atoms with Gasteiger partial charge in [0.05, 0.1) is 18.2 Å². The van der Waals surface area contributed by atoms with Gasteiger partial charge in [-0.25, -0.2) is 0 Å². The minimum absolute atomic E-state index is 0.100. The third kappa shape index (κ3) is 7.03. The molecule has 1 aliphatic carbocycles. The van der Waals surface area contributed by atoms with Crippen LogP contribution in [0.4, 0.5) is 11.4 Å². The summed E-state index contributed by atoms with van der Waals surface area (Å²) in [7, 11) is 1.69. The molecule has 1 saturated heterocycles. The summed E-state index contributed by atoms with van der Waals surface area (Å²) in [6, 6.07) is 9.89. The van der Waals surface area contributed by atoms with Gasteiger partial charge in [-0.3, -0.25) is 9.59 Å². The first-order valence-corrected chi connectivity index (χ1v) is 14.4. The molecule has 0 bridgehead atoms. The van der Waals surface area contributed by atoms with Gasteiger partial charge >= 0.3 is 0 Å². The van der Waals surface area contributed by atoms with Gasteiger partial charge in [0.15, 0.2) is 0 Å². The van der Waals surface area contributed by atoms with E-state index in [1.54, 1.807) is 7.11 Å². The van der Waals surface area contributed by atoms with Crippen molar-refractivity contribution in [3.8, 4) is 0 Å². The number of hydrogen-bond donors (Lipinski definition) is 3. The maximum absolute atomic E-state index is 12.9. The molecule has 210 valence electrons. The fraction of sp³-hybridized carbons (Fsp3) is 0.667. The van der Waals surface area contributed by atoms with E-state index < -0.39 is 17.0 Å². The fourth-order valence-corrected chi connectivity index (χ4v) is 6.28. The number of nitrogens with one attached hydrogen (secondary N) is 1. The van der Waals surface area contributed by atoms with Crippen molar-refractivity contribution in [1.29, 1.82) is 0 Å². The molecule has 38 heavy (non-hydrogen) atoms. The third-order valence-electron chi connectivity index (χ3n) is 8.35. The topological polar surface area (TPSA) is 114 Å². The molecular weight excluding hydrogens is 482 g/mol. The lowest BCUT2D eigenvalue weighted by Gasteiger charge is -2.39. The van der Waals surface area contributed by atoms with E-state index in [1.165, 1.54) is 19.3 Å². The first-order chi connectivity index (χ1) is 18.5. The number of rotatable bonds is 14. The molecule has 0 spiro atoms. The van der Waals surface area contributed by atoms with Crippen LogP contribution in [0.3, 0.4) is 0 Å². The van der Waals surface area contributed by atoms with Gasteiger partial charge in [-0.05, 0) is 37.2 Å². The molecule has 2 aromatic rings. The molecule has 0 amide bonds. The van der Waals surface area contributed by atoms with Crippen LogP contribution in [-0.4, -0.2) is 57.2 Å². The zero-order valence-corrected chi connectivity index (χ0v) is 22.8. The molecule has 0 aromatic heterocycles. The molecule has 2 aliphatic rings. The minimum atomic E-state index is -0.772. The molecule has 4 rings (SSSR count). The summed E-state index contributed by atoms with van der Waals surface area (Å²) in [5.41, 5.74) is 6.83. The summed E-state index contributed by atoms with van der Waals surface area (Å²) in [6.07, 6.45) is 8.51. The quantitative estimate of drug-likeness (QED) is 0.253. The van der Waals surface area contributed by atoms with Crippen molar-refractivity contribution in [2.24, 2.45) is 17.6 Å². The lowest BCUT2D eigenvalue weighted by molar-refractivity contribution is -0.00235. The Hall–Kier alpha value is -2.26. The van der Waals surface area contributed by atoms with Crippen LogP contribution in [0.5, 0.6) is 0 Å². The molecular formula is C30H45N3O5. The Morgan fingerprint density at radius 1 is 1.05 bits per heavy atom. The predicted molar refractivity (Wildman–Crippen MR) is 152 cm³/mol. The van der Waals surface area contributed by atoms with Gasteiger partial charge in [0.2, 0.25) is 0 Å². The van der Waals surface area contributed by atoms with Crippen molar-refractivity contribution < 1.29 is 14.6 Å². The second-order valence-electron chi connectivity index (χ2n) is 11.1. The van der Waals surface area contributed by atoms with E-state index in [4.69, 9.17) is 15.2 Å². The average molecular weight is 528 g/mol. The van der Waals surface area contributed by atoms with E-state index in [1.807, 2.05) is 18.2 Å². The second kappa shape index (κ2) is 14.2. The number of ether oxygens (including phenoxy) is 2. The maximum Gasteiger partial charge on any atom is 0.253 e. The summed E-state index contributed by atoms with van der Waals surface area (Å²) in [5.74, 6) is 0.678. The number of aliphatic hydroxyl groups excluding tert-OH is 1. The Kier molecular flexibility index (Phi) is 10.8. The Morgan fingerprint density at radius 3 is 2.53 bits per heavy atom. The molecule has 8 heteroatoms. The molecule has 1 aliphatic heterocycles. The van der Waals surface area contributed by atoms with Crippen LogP contribution < -0.4 is 26.8 Å². The van der Waals surface area contributed by atoms with Crippen LogP contribution in [-0.2, 0) is 9.47 Å². The number of aliphatic hydroxyl groups is 1. The smallest absolute Gasteiger partial charge is 0.253 e. The fourth-order valence-electron chi connectivity index (χ4n) is 6.28. The highest BCUT2D eigenvalue weighted by Gasteiger charge is 2.35. The van der Waals surface area contributed by atoms with E-state index in [0.29, 0.717) is 43.6 Å². The summed E-state index contributed by atoms with van der Waals surface area (Å²) in [5, 5.41) is 14.0. The Morgan fingerprint density at radius 2 is 1.82 bits per heavy atom. The van der Waals surface area contributed by atoms with Crippen LogP contribution in [0, 0.1) is 11.8 Å². The van der Waals surface area contributed by atoms with Crippen molar-refractivity contribution >= 4 is 11.4 Å². The zero-order valence-electron chi connectivity index (χ0n) is 22.8. The summed E-state index contributed by atoms with van der Waals surface area (Å²) < 4.78 is 11.6. The van der Waals surface area contributed by atoms with Crippen LogP contribution in [0.25, 0.3) is 0 Å². The Bertz CT molecular complexity index is 1050. The van der Waals surface area contributed by atoms with Gasteiger partial charge < -0.3 is 30.5 Å². The summed E-state index contributed by atoms with van der Waals surface area (Å²) >= 11 is 0. The van der Waals surface area contributed by atoms with Crippen LogP contribution in [0.15, 0.2) is 39.9 Å². The van der Waals surface area contributed by atoms with Crippen molar-refractivity contribution in [3.63, 3.8) is 0 Å². The standard InChI is InChI=1S/C30H45N3O5/c1-37-16-9-17-38-30(22-12-6-3-7-13-22)23-14-8-15-33(20-23)27-26(28(35)29(27)36)32-24(25(34)19-31)18-21-10-4-2-5-11-21/h3,6-7,12-13,21,23-25,30,32,34H,2,4-5,8-11,14-20,31H2,1H3/t23?,24-,25-,30?/m0/s1. The van der Waals surface area contributed by atoms with E-state index in [-0.39, 0.29) is 24.6 Å². The number of methoxy groups -OCH3 is 1. The Balaban J connectivity index is 1.50. The predicted octanol–water partition coefficient (Wildman–Crippen LogP) is 3.36. The summed E-state index contributed by atoms with van der Waals surface area (Å²) in [6.45, 7) is 2.70. The first kappa shape index (κ1) is 28.7. The SMILES string of the molecule is COCCCOC(c1ccccc1)C1CCCN(c2c(N[C@@H](CC3CCCCC3)[C@@H](O)CN)c(=O)c2=O)C1. The van der Waals surface area contributed by atoms with Crippen molar-refractivity contribution in [1.82, 2.24) is 0 Å². The van der Waals surface area contributed by atoms with Crippen molar-refractivity contribution in [3.05, 3.63) is 56.3 Å². The van der Waals surface area contributed by atoms with Gasteiger partial charge in [0, 0.05) is 45.9 Å². The number of nitrogens with zero attached hydrogens (tertiary/aromatic N) is 1. The average Bonchev–Trinajstić information content (AvgIpc) is 2.96. The molecule has 4 N–H and O–H groups in total. The van der Waals surface area contributed by atoms with Crippen LogP contribution in [0.1, 0.15) is 69.5 Å². The Labute approximate surface area is 226 Å². The largest absolute Gasteiger partial charge is 0.390 e. The van der Waals surface area contributed by atoms with Gasteiger partial charge in [-0.15, -0.1) is 0 Å². The molecule has 8 nitrogen and oxygen atoms in total. The number of hydrogen-bond acceptors (Lipinski definition) is 8. The highest BCUT2D eigenvalue weighted by Crippen LogP contribution is 2.36. The minimum Gasteiger partial charge on any atom is -0.390 e. The van der Waals surface area contributed by atoms with Crippen molar-refractivity contribution in [2.45, 2.75) is 76.0 Å². The zero-order chi connectivity index (χ0) is 26.9. The summed E-state index contributed by atoms with van der Waals surface area (Å²) in [4.78, 5) is 27.7. The lowest BCUT2D eigenvalue weighted by atomic mass is 9.83. The van der Waals surface area contributed by atoms with E-state index in [9.17, 15) is 14.7 Å². The second-order valence-corrected chi connectivity index (χ2v) is 11.1. The molecule has 1 saturated carbocycles. The highest BCUT2D eigenvalue weighted by molar-refractivity contribution is 5.75. The number of benzene rings is 1. The van der Waals surface area contributed by atoms with Crippen LogP contribution in [0.2, 0.25) is 0 Å². The van der Waals surface area contributed by atoms with E-state index in [0.717, 1.165) is 44.1 Å². The van der Waals surface area contributed by atoms with Gasteiger partial charge in [0.25, 0.3) is 10.9 Å². The monoisotopic (exact) mass is 527 g/mol. The number of anilines is 2. The van der Waals surface area contributed by atoms with Gasteiger partial charge in [-0.1, -0.05) is 62.4 Å². The third-order valence-corrected chi connectivity index (χ3v) is 8.35. The van der Waals surface area contributed by atoms with Crippen molar-refractivity contribution in [2.75, 3.05) is 50.2 Å². The lowest BCUT2D eigenvalue weighted by Crippen LogP contribution is -2.50. The highest BCUT2D eigenvalue weighted by atomic mass is 16.5. The molecule has 2 unspecified atom stereocenters. The molecule has 0 radical (unpaired) electrons. The maximum atomic E-state index is 12.9. The molecule has 1 heterocycles. The van der Waals surface area contributed by atoms with E-state index >= 15 is 0 Å². The first-order valence-electron chi connectivity index (χ1n) is 14.4. The van der Waals surface area contributed by atoms with Gasteiger partial charge in [-0.2, -0.15) is 0 Å². The molecule has 4 atom stereocenters.